The Morgan fingerprint density at radius 2 is 1.64 bits per heavy atom. The molecule has 0 fully saturated rings. The molecular weight excluding hydrogens is 378 g/mol. The lowest BCUT2D eigenvalue weighted by Gasteiger charge is -2.07. The lowest BCUT2D eigenvalue weighted by molar-refractivity contribution is -0.384. The van der Waals surface area contributed by atoms with E-state index in [0.29, 0.717) is 22.0 Å². The van der Waals surface area contributed by atoms with Crippen LogP contribution in [0.15, 0.2) is 78.9 Å². The van der Waals surface area contributed by atoms with Crippen LogP contribution in [0.3, 0.4) is 0 Å². The van der Waals surface area contributed by atoms with E-state index in [-0.39, 0.29) is 11.4 Å². The summed E-state index contributed by atoms with van der Waals surface area (Å²) in [5.74, 6) is 0.124. The van der Waals surface area contributed by atoms with Crippen molar-refractivity contribution in [3.63, 3.8) is 0 Å². The van der Waals surface area contributed by atoms with Crippen molar-refractivity contribution < 1.29 is 10.0 Å². The zero-order valence-electron chi connectivity index (χ0n) is 14.5. The third kappa shape index (κ3) is 3.33. The molecule has 0 saturated heterocycles. The molecule has 3 aromatic carbocycles. The first-order valence-electron chi connectivity index (χ1n) is 8.42. The smallest absolute Gasteiger partial charge is 0.269 e. The summed E-state index contributed by atoms with van der Waals surface area (Å²) in [6, 6.07) is 22.3. The Morgan fingerprint density at radius 3 is 2.29 bits per heavy atom. The highest BCUT2D eigenvalue weighted by molar-refractivity contribution is 6.30. The molecule has 0 bridgehead atoms. The summed E-state index contributed by atoms with van der Waals surface area (Å²) in [5, 5.41) is 26.4. The number of para-hydroxylation sites is 1. The number of phenols is 1. The number of nitro groups is 1. The van der Waals surface area contributed by atoms with Gasteiger partial charge in [-0.25, -0.2) is 4.68 Å². The van der Waals surface area contributed by atoms with Gasteiger partial charge in [0.2, 0.25) is 0 Å². The number of benzene rings is 3. The first-order valence-corrected chi connectivity index (χ1v) is 8.80. The van der Waals surface area contributed by atoms with Gasteiger partial charge in [-0.15, -0.1) is 0 Å². The van der Waals surface area contributed by atoms with Crippen LogP contribution >= 0.6 is 11.6 Å². The van der Waals surface area contributed by atoms with E-state index in [1.165, 1.54) is 12.1 Å². The number of hydrogen-bond donors (Lipinski definition) is 1. The molecule has 7 heteroatoms. The largest absolute Gasteiger partial charge is 0.507 e. The maximum atomic E-state index is 10.9. The van der Waals surface area contributed by atoms with Gasteiger partial charge < -0.3 is 5.11 Å². The van der Waals surface area contributed by atoms with Crippen LogP contribution in [0.2, 0.25) is 5.02 Å². The van der Waals surface area contributed by atoms with Crippen LogP contribution in [0.4, 0.5) is 5.69 Å². The van der Waals surface area contributed by atoms with E-state index in [1.807, 2.05) is 24.3 Å². The van der Waals surface area contributed by atoms with Crippen molar-refractivity contribution in [1.29, 1.82) is 0 Å². The zero-order chi connectivity index (χ0) is 19.7. The minimum absolute atomic E-state index is 0.00452. The molecule has 0 radical (unpaired) electrons. The quantitative estimate of drug-likeness (QED) is 0.369. The summed E-state index contributed by atoms with van der Waals surface area (Å²) in [4.78, 5) is 10.5. The number of nitrogens with zero attached hydrogens (tertiary/aromatic N) is 3. The predicted octanol–water partition coefficient (Wildman–Crippen LogP) is 5.47. The van der Waals surface area contributed by atoms with Crippen molar-refractivity contribution in [3.05, 3.63) is 94.0 Å². The van der Waals surface area contributed by atoms with E-state index in [1.54, 1.807) is 47.1 Å². The van der Waals surface area contributed by atoms with Crippen molar-refractivity contribution in [2.45, 2.75) is 0 Å². The lowest BCUT2D eigenvalue weighted by atomic mass is 10.1. The Balaban J connectivity index is 1.89. The molecule has 0 saturated carbocycles. The average molecular weight is 392 g/mol. The number of halogens is 1. The van der Waals surface area contributed by atoms with Gasteiger partial charge in [0.25, 0.3) is 5.69 Å². The molecule has 0 unspecified atom stereocenters. The molecule has 6 nitrogen and oxygen atoms in total. The third-order valence-corrected chi connectivity index (χ3v) is 4.59. The second kappa shape index (κ2) is 7.17. The highest BCUT2D eigenvalue weighted by Crippen LogP contribution is 2.33. The number of nitro benzene ring substituents is 1. The molecule has 0 aliphatic carbocycles. The molecule has 0 spiro atoms. The van der Waals surface area contributed by atoms with Crippen LogP contribution in [0.1, 0.15) is 0 Å². The maximum Gasteiger partial charge on any atom is 0.269 e. The molecule has 0 aliphatic rings. The van der Waals surface area contributed by atoms with Crippen LogP contribution in [-0.4, -0.2) is 19.8 Å². The Bertz CT molecular complexity index is 1150. The maximum absolute atomic E-state index is 10.9. The predicted molar refractivity (Wildman–Crippen MR) is 108 cm³/mol. The average Bonchev–Trinajstić information content (AvgIpc) is 3.14. The number of hydrogen-bond acceptors (Lipinski definition) is 4. The SMILES string of the molecule is O=[N+]([O-])c1ccc(-n2nc(-c3ccccc3O)cc2-c2ccc(Cl)cc2)cc1. The molecule has 138 valence electrons. The summed E-state index contributed by atoms with van der Waals surface area (Å²) in [6.45, 7) is 0. The van der Waals surface area contributed by atoms with Crippen molar-refractivity contribution in [1.82, 2.24) is 9.78 Å². The van der Waals surface area contributed by atoms with E-state index in [0.717, 1.165) is 11.3 Å². The molecule has 4 aromatic rings. The molecule has 1 aromatic heterocycles. The second-order valence-electron chi connectivity index (χ2n) is 6.12. The van der Waals surface area contributed by atoms with Gasteiger partial charge in [-0.1, -0.05) is 35.9 Å². The van der Waals surface area contributed by atoms with Gasteiger partial charge in [-0.05, 0) is 42.5 Å². The Labute approximate surface area is 165 Å². The third-order valence-electron chi connectivity index (χ3n) is 4.33. The molecule has 4 rings (SSSR count). The van der Waals surface area contributed by atoms with Crippen molar-refractivity contribution in [3.8, 4) is 34.0 Å². The second-order valence-corrected chi connectivity index (χ2v) is 6.56. The van der Waals surface area contributed by atoms with Crippen LogP contribution in [0, 0.1) is 10.1 Å². The monoisotopic (exact) mass is 391 g/mol. The summed E-state index contributed by atoms with van der Waals surface area (Å²) < 4.78 is 1.69. The molecular formula is C21H14ClN3O3. The number of aromatic hydroxyl groups is 1. The Morgan fingerprint density at radius 1 is 0.964 bits per heavy atom. The van der Waals surface area contributed by atoms with Crippen molar-refractivity contribution in [2.75, 3.05) is 0 Å². The number of non-ortho nitro benzene ring substituents is 1. The summed E-state index contributed by atoms with van der Waals surface area (Å²) in [5.41, 5.74) is 3.49. The first-order chi connectivity index (χ1) is 13.5. The van der Waals surface area contributed by atoms with Gasteiger partial charge in [-0.2, -0.15) is 5.10 Å². The minimum Gasteiger partial charge on any atom is -0.507 e. The van der Waals surface area contributed by atoms with Gasteiger partial charge in [0.1, 0.15) is 5.75 Å². The van der Waals surface area contributed by atoms with Crippen LogP contribution in [0.25, 0.3) is 28.2 Å². The summed E-state index contributed by atoms with van der Waals surface area (Å²) in [7, 11) is 0. The van der Waals surface area contributed by atoms with Gasteiger partial charge in [0, 0.05) is 28.3 Å². The standard InChI is InChI=1S/C21H14ClN3O3/c22-15-7-5-14(6-8-15)20-13-19(18-3-1-2-4-21(18)26)23-24(20)16-9-11-17(12-10-16)25(27)28/h1-13,26H. The number of aromatic nitrogens is 2. The molecule has 28 heavy (non-hydrogen) atoms. The van der Waals surface area contributed by atoms with Crippen LogP contribution in [0.5, 0.6) is 5.75 Å². The summed E-state index contributed by atoms with van der Waals surface area (Å²) >= 11 is 6.01. The molecule has 0 amide bonds. The van der Waals surface area contributed by atoms with Crippen LogP contribution in [-0.2, 0) is 0 Å². The van der Waals surface area contributed by atoms with E-state index in [2.05, 4.69) is 5.10 Å². The molecule has 0 atom stereocenters. The first kappa shape index (κ1) is 17.8. The number of rotatable bonds is 4. The Kier molecular flexibility index (Phi) is 4.55. The highest BCUT2D eigenvalue weighted by Gasteiger charge is 2.16. The number of phenolic OH excluding ortho intramolecular Hbond substituents is 1. The molecule has 1 N–H and O–H groups in total. The van der Waals surface area contributed by atoms with Gasteiger partial charge in [-0.3, -0.25) is 10.1 Å². The van der Waals surface area contributed by atoms with Gasteiger partial charge in [0.05, 0.1) is 22.0 Å². The van der Waals surface area contributed by atoms with E-state index in [4.69, 9.17) is 11.6 Å². The normalized spacial score (nSPS) is 10.8. The van der Waals surface area contributed by atoms with Crippen molar-refractivity contribution in [2.24, 2.45) is 0 Å². The summed E-state index contributed by atoms with van der Waals surface area (Å²) in [6.07, 6.45) is 0. The van der Waals surface area contributed by atoms with E-state index >= 15 is 0 Å². The highest BCUT2D eigenvalue weighted by atomic mass is 35.5. The van der Waals surface area contributed by atoms with Crippen molar-refractivity contribution >= 4 is 17.3 Å². The minimum atomic E-state index is -0.444. The van der Waals surface area contributed by atoms with Crippen LogP contribution < -0.4 is 0 Å². The van der Waals surface area contributed by atoms with Gasteiger partial charge >= 0.3 is 0 Å². The molecule has 1 heterocycles. The fourth-order valence-electron chi connectivity index (χ4n) is 2.94. The Hall–Kier alpha value is -3.64. The fraction of sp³-hybridized carbons (Fsp3) is 0. The molecule has 0 aliphatic heterocycles. The van der Waals surface area contributed by atoms with Gasteiger partial charge in [0.15, 0.2) is 0 Å². The fourth-order valence-corrected chi connectivity index (χ4v) is 3.07. The topological polar surface area (TPSA) is 81.2 Å². The van der Waals surface area contributed by atoms with E-state index in [9.17, 15) is 15.2 Å². The lowest BCUT2D eigenvalue weighted by Crippen LogP contribution is -1.99. The zero-order valence-corrected chi connectivity index (χ0v) is 15.2. The van der Waals surface area contributed by atoms with E-state index < -0.39 is 4.92 Å².